The summed E-state index contributed by atoms with van der Waals surface area (Å²) in [7, 11) is 0. The first-order valence-corrected chi connectivity index (χ1v) is 6.78. The number of rotatable bonds is 5. The molecule has 1 saturated heterocycles. The molecule has 1 aliphatic heterocycles. The van der Waals surface area contributed by atoms with E-state index in [0.717, 1.165) is 23.8 Å². The predicted molar refractivity (Wildman–Crippen MR) is 74.2 cm³/mol. The van der Waals surface area contributed by atoms with Gasteiger partial charge >= 0.3 is 0 Å². The smallest absolute Gasteiger partial charge is 0.243 e. The molecule has 0 saturated carbocycles. The lowest BCUT2D eigenvalue weighted by Crippen LogP contribution is -2.50. The summed E-state index contributed by atoms with van der Waals surface area (Å²) in [4.78, 5) is 33.8. The molecule has 1 unspecified atom stereocenters. The third kappa shape index (κ3) is 3.30. The Kier molecular flexibility index (Phi) is 4.63. The Balaban J connectivity index is 2.02. The van der Waals surface area contributed by atoms with Crippen LogP contribution < -0.4 is 10.6 Å². The van der Waals surface area contributed by atoms with E-state index in [9.17, 15) is 14.4 Å². The minimum atomic E-state index is -0.377. The fraction of sp³-hybridized carbons (Fsp3) is 0.400. The minimum absolute atomic E-state index is 0.228. The highest BCUT2D eigenvalue weighted by Crippen LogP contribution is 2.12. The molecule has 1 aliphatic rings. The van der Waals surface area contributed by atoms with Crippen LogP contribution in [0.1, 0.15) is 41.3 Å². The standard InChI is InChI=1S/C15H18N2O3/c1-2-10-3-4-11(12(7-10)9-18)8-16-13-5-6-14(19)17-15(13)20/h3-4,7,9,13,16H,2,5-6,8H2,1H3,(H,17,19,20). The van der Waals surface area contributed by atoms with Gasteiger partial charge in [-0.2, -0.15) is 0 Å². The van der Waals surface area contributed by atoms with Crippen LogP contribution in [0.5, 0.6) is 0 Å². The zero-order chi connectivity index (χ0) is 14.5. The van der Waals surface area contributed by atoms with Gasteiger partial charge in [-0.1, -0.05) is 19.1 Å². The van der Waals surface area contributed by atoms with Crippen molar-refractivity contribution >= 4 is 18.1 Å². The molecule has 0 aromatic heterocycles. The Labute approximate surface area is 117 Å². The van der Waals surface area contributed by atoms with E-state index in [2.05, 4.69) is 10.6 Å². The van der Waals surface area contributed by atoms with Crippen molar-refractivity contribution in [1.82, 2.24) is 10.6 Å². The van der Waals surface area contributed by atoms with E-state index in [4.69, 9.17) is 0 Å². The van der Waals surface area contributed by atoms with Crippen molar-refractivity contribution in [2.24, 2.45) is 0 Å². The number of carbonyl (C=O) groups excluding carboxylic acids is 3. The van der Waals surface area contributed by atoms with Crippen molar-refractivity contribution in [2.45, 2.75) is 38.8 Å². The van der Waals surface area contributed by atoms with E-state index in [-0.39, 0.29) is 17.9 Å². The molecular weight excluding hydrogens is 256 g/mol. The molecular formula is C15H18N2O3. The molecule has 5 heteroatoms. The van der Waals surface area contributed by atoms with Crippen LogP contribution in [0, 0.1) is 0 Å². The third-order valence-electron chi connectivity index (χ3n) is 3.52. The van der Waals surface area contributed by atoms with Gasteiger partial charge in [0.15, 0.2) is 0 Å². The molecule has 1 aromatic rings. The molecule has 1 atom stereocenters. The van der Waals surface area contributed by atoms with Crippen LogP contribution in [0.25, 0.3) is 0 Å². The van der Waals surface area contributed by atoms with Gasteiger partial charge in [0, 0.05) is 18.5 Å². The van der Waals surface area contributed by atoms with Gasteiger partial charge in [-0.3, -0.25) is 19.7 Å². The third-order valence-corrected chi connectivity index (χ3v) is 3.52. The number of aryl methyl sites for hydroxylation is 1. The quantitative estimate of drug-likeness (QED) is 0.619. The largest absolute Gasteiger partial charge is 0.302 e. The van der Waals surface area contributed by atoms with Gasteiger partial charge in [0.1, 0.15) is 6.29 Å². The SMILES string of the molecule is CCc1ccc(CNC2CCC(=O)NC2=O)c(C=O)c1. The van der Waals surface area contributed by atoms with Crippen molar-refractivity contribution in [3.05, 3.63) is 34.9 Å². The minimum Gasteiger partial charge on any atom is -0.302 e. The maximum atomic E-state index is 11.6. The second kappa shape index (κ2) is 6.43. The number of carbonyl (C=O) groups is 3. The molecule has 0 spiro atoms. The monoisotopic (exact) mass is 274 g/mol. The zero-order valence-corrected chi connectivity index (χ0v) is 11.4. The number of nitrogens with one attached hydrogen (secondary N) is 2. The van der Waals surface area contributed by atoms with Gasteiger partial charge in [0.25, 0.3) is 0 Å². The van der Waals surface area contributed by atoms with Crippen LogP contribution in [-0.4, -0.2) is 24.1 Å². The van der Waals surface area contributed by atoms with Gasteiger partial charge in [-0.15, -0.1) is 0 Å². The van der Waals surface area contributed by atoms with Crippen LogP contribution in [-0.2, 0) is 22.6 Å². The highest BCUT2D eigenvalue weighted by atomic mass is 16.2. The Morgan fingerprint density at radius 2 is 2.20 bits per heavy atom. The molecule has 2 rings (SSSR count). The van der Waals surface area contributed by atoms with E-state index < -0.39 is 0 Å². The fourth-order valence-corrected chi connectivity index (χ4v) is 2.26. The van der Waals surface area contributed by atoms with Crippen molar-refractivity contribution < 1.29 is 14.4 Å². The predicted octanol–water partition coefficient (Wildman–Crippen LogP) is 0.956. The molecule has 0 radical (unpaired) electrons. The van der Waals surface area contributed by atoms with Gasteiger partial charge in [0.2, 0.25) is 11.8 Å². The number of aldehydes is 1. The van der Waals surface area contributed by atoms with Crippen molar-refractivity contribution in [3.8, 4) is 0 Å². The second-order valence-electron chi connectivity index (χ2n) is 4.89. The average molecular weight is 274 g/mol. The number of hydrogen-bond acceptors (Lipinski definition) is 4. The number of imide groups is 1. The van der Waals surface area contributed by atoms with Crippen molar-refractivity contribution in [2.75, 3.05) is 0 Å². The molecule has 0 bridgehead atoms. The van der Waals surface area contributed by atoms with Gasteiger partial charge in [0.05, 0.1) is 6.04 Å². The summed E-state index contributed by atoms with van der Waals surface area (Å²) in [5.41, 5.74) is 2.61. The highest BCUT2D eigenvalue weighted by molar-refractivity contribution is 6.00. The number of hydrogen-bond donors (Lipinski definition) is 2. The lowest BCUT2D eigenvalue weighted by Gasteiger charge is -2.22. The maximum Gasteiger partial charge on any atom is 0.243 e. The first-order chi connectivity index (χ1) is 9.63. The van der Waals surface area contributed by atoms with E-state index in [0.29, 0.717) is 24.9 Å². The molecule has 2 amide bonds. The molecule has 1 heterocycles. The molecule has 20 heavy (non-hydrogen) atoms. The summed E-state index contributed by atoms with van der Waals surface area (Å²) in [6.45, 7) is 2.47. The Hall–Kier alpha value is -2.01. The first-order valence-electron chi connectivity index (χ1n) is 6.78. The summed E-state index contributed by atoms with van der Waals surface area (Å²) in [5, 5.41) is 5.40. The highest BCUT2D eigenvalue weighted by Gasteiger charge is 2.25. The molecule has 0 aliphatic carbocycles. The van der Waals surface area contributed by atoms with E-state index >= 15 is 0 Å². The average Bonchev–Trinajstić information content (AvgIpc) is 2.46. The van der Waals surface area contributed by atoms with Gasteiger partial charge in [-0.05, 0) is 30.0 Å². The Bertz CT molecular complexity index is 540. The lowest BCUT2D eigenvalue weighted by molar-refractivity contribution is -0.134. The van der Waals surface area contributed by atoms with E-state index in [1.807, 2.05) is 25.1 Å². The van der Waals surface area contributed by atoms with Crippen LogP contribution in [0.15, 0.2) is 18.2 Å². The van der Waals surface area contributed by atoms with Crippen LogP contribution in [0.2, 0.25) is 0 Å². The molecule has 1 fully saturated rings. The fourth-order valence-electron chi connectivity index (χ4n) is 2.26. The van der Waals surface area contributed by atoms with Crippen LogP contribution >= 0.6 is 0 Å². The summed E-state index contributed by atoms with van der Waals surface area (Å²) >= 11 is 0. The number of piperidine rings is 1. The molecule has 106 valence electrons. The lowest BCUT2D eigenvalue weighted by atomic mass is 10.0. The number of amides is 2. The zero-order valence-electron chi connectivity index (χ0n) is 11.4. The van der Waals surface area contributed by atoms with E-state index in [1.54, 1.807) is 0 Å². The van der Waals surface area contributed by atoms with Crippen LogP contribution in [0.4, 0.5) is 0 Å². The Morgan fingerprint density at radius 1 is 1.40 bits per heavy atom. The topological polar surface area (TPSA) is 75.3 Å². The number of benzene rings is 1. The summed E-state index contributed by atoms with van der Waals surface area (Å²) in [6, 6.07) is 5.38. The van der Waals surface area contributed by atoms with Crippen molar-refractivity contribution in [1.29, 1.82) is 0 Å². The normalized spacial score (nSPS) is 18.8. The summed E-state index contributed by atoms with van der Waals surface area (Å²) < 4.78 is 0. The first kappa shape index (κ1) is 14.4. The molecule has 5 nitrogen and oxygen atoms in total. The second-order valence-corrected chi connectivity index (χ2v) is 4.89. The van der Waals surface area contributed by atoms with Gasteiger partial charge < -0.3 is 5.32 Å². The molecule has 1 aromatic carbocycles. The van der Waals surface area contributed by atoms with E-state index in [1.165, 1.54) is 0 Å². The van der Waals surface area contributed by atoms with Crippen LogP contribution in [0.3, 0.4) is 0 Å². The van der Waals surface area contributed by atoms with Crippen molar-refractivity contribution in [3.63, 3.8) is 0 Å². The molecule has 2 N–H and O–H groups in total. The summed E-state index contributed by atoms with van der Waals surface area (Å²) in [5.74, 6) is -0.520. The maximum absolute atomic E-state index is 11.6. The summed E-state index contributed by atoms with van der Waals surface area (Å²) in [6.07, 6.45) is 2.55. The van der Waals surface area contributed by atoms with Gasteiger partial charge in [-0.25, -0.2) is 0 Å². The Morgan fingerprint density at radius 3 is 2.85 bits per heavy atom.